The third-order valence-electron chi connectivity index (χ3n) is 2.35. The Bertz CT molecular complexity index is 396. The highest BCUT2D eigenvalue weighted by atomic mass is 19.4. The molecule has 0 bridgehead atoms. The maximum Gasteiger partial charge on any atom is 0.389 e. The molecular formula is C12H15F3N2O2. The minimum absolute atomic E-state index is 0.148. The van der Waals surface area contributed by atoms with Crippen LogP contribution in [0.25, 0.3) is 0 Å². The zero-order chi connectivity index (χ0) is 14.3. The first-order chi connectivity index (χ1) is 8.92. The first-order valence-corrected chi connectivity index (χ1v) is 5.68. The van der Waals surface area contributed by atoms with E-state index in [2.05, 4.69) is 10.3 Å². The highest BCUT2D eigenvalue weighted by Gasteiger charge is 2.28. The van der Waals surface area contributed by atoms with Crippen molar-refractivity contribution in [1.29, 1.82) is 0 Å². The number of carbonyl (C=O) groups is 1. The summed E-state index contributed by atoms with van der Waals surface area (Å²) in [6, 6.07) is 4.56. The van der Waals surface area contributed by atoms with Gasteiger partial charge in [0.15, 0.2) is 0 Å². The molecule has 1 rings (SSSR count). The molecule has 19 heavy (non-hydrogen) atoms. The quantitative estimate of drug-likeness (QED) is 0.866. The van der Waals surface area contributed by atoms with Crippen LogP contribution < -0.4 is 5.32 Å². The van der Waals surface area contributed by atoms with Gasteiger partial charge in [0.25, 0.3) is 0 Å². The van der Waals surface area contributed by atoms with Gasteiger partial charge >= 0.3 is 6.18 Å². The van der Waals surface area contributed by atoms with Gasteiger partial charge in [0.1, 0.15) is 0 Å². The fourth-order valence-electron chi connectivity index (χ4n) is 1.47. The highest BCUT2D eigenvalue weighted by molar-refractivity contribution is 5.76. The lowest BCUT2D eigenvalue weighted by molar-refractivity contribution is -0.144. The predicted octanol–water partition coefficient (Wildman–Crippen LogP) is 2.23. The Labute approximate surface area is 109 Å². The van der Waals surface area contributed by atoms with Crippen LogP contribution in [0, 0.1) is 0 Å². The summed E-state index contributed by atoms with van der Waals surface area (Å²) in [5.74, 6) is -0.676. The highest BCUT2D eigenvalue weighted by Crippen LogP contribution is 2.21. The van der Waals surface area contributed by atoms with E-state index in [9.17, 15) is 18.0 Å². The zero-order valence-corrected chi connectivity index (χ0v) is 10.4. The zero-order valence-electron chi connectivity index (χ0n) is 10.4. The minimum Gasteiger partial charge on any atom is -0.382 e. The van der Waals surface area contributed by atoms with Crippen LogP contribution >= 0.6 is 0 Å². The Hall–Kier alpha value is -1.63. The molecular weight excluding hydrogens is 261 g/mol. The van der Waals surface area contributed by atoms with Crippen molar-refractivity contribution in [2.45, 2.75) is 25.1 Å². The number of alkyl halides is 3. The molecule has 0 saturated heterocycles. The number of hydrogen-bond donors (Lipinski definition) is 1. The smallest absolute Gasteiger partial charge is 0.382 e. The summed E-state index contributed by atoms with van der Waals surface area (Å²) in [5.41, 5.74) is 0.546. The van der Waals surface area contributed by atoms with Gasteiger partial charge in [-0.15, -0.1) is 0 Å². The van der Waals surface area contributed by atoms with Crippen LogP contribution in [-0.2, 0) is 9.53 Å². The van der Waals surface area contributed by atoms with Gasteiger partial charge in [-0.3, -0.25) is 9.78 Å². The van der Waals surface area contributed by atoms with Crippen LogP contribution in [0.5, 0.6) is 0 Å². The lowest BCUT2D eigenvalue weighted by Gasteiger charge is -2.17. The van der Waals surface area contributed by atoms with E-state index in [1.807, 2.05) is 0 Å². The van der Waals surface area contributed by atoms with Crippen molar-refractivity contribution < 1.29 is 22.7 Å². The number of aromatic nitrogens is 1. The molecule has 0 fully saturated rings. The molecule has 0 saturated carbocycles. The van der Waals surface area contributed by atoms with Gasteiger partial charge in [-0.1, -0.05) is 6.07 Å². The van der Waals surface area contributed by atoms with Crippen LogP contribution in [0.3, 0.4) is 0 Å². The summed E-state index contributed by atoms with van der Waals surface area (Å²) < 4.78 is 40.9. The number of carbonyl (C=O) groups excluding carboxylic acids is 1. The number of nitrogens with zero attached hydrogens (tertiary/aromatic N) is 1. The standard InChI is InChI=1S/C12H15F3N2O2/c1-19-8-10(9-4-2-3-7-16-9)17-11(18)5-6-12(13,14)15/h2-4,7,10H,5-6,8H2,1H3,(H,17,18). The summed E-state index contributed by atoms with van der Waals surface area (Å²) in [6.45, 7) is 0.148. The van der Waals surface area contributed by atoms with E-state index >= 15 is 0 Å². The number of ether oxygens (including phenoxy) is 1. The Kier molecular flexibility index (Phi) is 5.75. The molecule has 1 aromatic rings. The summed E-state index contributed by atoms with van der Waals surface area (Å²) in [6.07, 6.45) is -4.53. The van der Waals surface area contributed by atoms with Gasteiger partial charge in [-0.25, -0.2) is 0 Å². The molecule has 0 aliphatic rings. The first kappa shape index (κ1) is 15.4. The molecule has 1 aromatic heterocycles. The van der Waals surface area contributed by atoms with Gasteiger partial charge in [0, 0.05) is 19.7 Å². The van der Waals surface area contributed by atoms with E-state index in [0.717, 1.165) is 0 Å². The molecule has 1 amide bonds. The van der Waals surface area contributed by atoms with Crippen molar-refractivity contribution in [2.24, 2.45) is 0 Å². The molecule has 7 heteroatoms. The number of amides is 1. The Morgan fingerprint density at radius 1 is 1.47 bits per heavy atom. The van der Waals surface area contributed by atoms with Crippen LogP contribution in [0.4, 0.5) is 13.2 Å². The van der Waals surface area contributed by atoms with Gasteiger partial charge in [-0.05, 0) is 12.1 Å². The average molecular weight is 276 g/mol. The average Bonchev–Trinajstić information content (AvgIpc) is 2.36. The Morgan fingerprint density at radius 3 is 2.74 bits per heavy atom. The largest absolute Gasteiger partial charge is 0.389 e. The van der Waals surface area contributed by atoms with Crippen molar-refractivity contribution >= 4 is 5.91 Å². The van der Waals surface area contributed by atoms with Crippen LogP contribution in [0.1, 0.15) is 24.6 Å². The number of pyridine rings is 1. The summed E-state index contributed by atoms with van der Waals surface area (Å²) >= 11 is 0. The topological polar surface area (TPSA) is 51.2 Å². The molecule has 4 nitrogen and oxygen atoms in total. The Morgan fingerprint density at radius 2 is 2.21 bits per heavy atom. The molecule has 1 unspecified atom stereocenters. The third kappa shape index (κ3) is 6.19. The summed E-state index contributed by atoms with van der Waals surface area (Å²) in [5, 5.41) is 2.48. The fraction of sp³-hybridized carbons (Fsp3) is 0.500. The van der Waals surface area contributed by atoms with E-state index < -0.39 is 31.0 Å². The van der Waals surface area contributed by atoms with E-state index in [0.29, 0.717) is 5.69 Å². The van der Waals surface area contributed by atoms with E-state index in [1.165, 1.54) is 7.11 Å². The second kappa shape index (κ2) is 7.08. The lowest BCUT2D eigenvalue weighted by Crippen LogP contribution is -2.32. The SMILES string of the molecule is COCC(NC(=O)CCC(F)(F)F)c1ccccn1. The summed E-state index contributed by atoms with van der Waals surface area (Å²) in [7, 11) is 1.44. The van der Waals surface area contributed by atoms with E-state index in [1.54, 1.807) is 24.4 Å². The van der Waals surface area contributed by atoms with Crippen molar-refractivity contribution in [2.75, 3.05) is 13.7 Å². The van der Waals surface area contributed by atoms with Crippen LogP contribution in [0.15, 0.2) is 24.4 Å². The van der Waals surface area contributed by atoms with Crippen molar-refractivity contribution in [1.82, 2.24) is 10.3 Å². The third-order valence-corrected chi connectivity index (χ3v) is 2.35. The first-order valence-electron chi connectivity index (χ1n) is 5.68. The minimum atomic E-state index is -4.33. The van der Waals surface area contributed by atoms with Gasteiger partial charge in [0.05, 0.1) is 24.8 Å². The van der Waals surface area contributed by atoms with Crippen LogP contribution in [-0.4, -0.2) is 30.8 Å². The molecule has 0 aromatic carbocycles. The molecule has 0 aliphatic heterocycles. The van der Waals surface area contributed by atoms with E-state index in [-0.39, 0.29) is 6.61 Å². The van der Waals surface area contributed by atoms with E-state index in [4.69, 9.17) is 4.74 Å². The Balaban J connectivity index is 2.57. The number of rotatable bonds is 6. The maximum atomic E-state index is 12.0. The number of nitrogens with one attached hydrogen (secondary N) is 1. The number of halogens is 3. The molecule has 0 radical (unpaired) electrons. The normalized spacial score (nSPS) is 13.1. The second-order valence-electron chi connectivity index (χ2n) is 3.95. The number of methoxy groups -OCH3 is 1. The second-order valence-corrected chi connectivity index (χ2v) is 3.95. The molecule has 106 valence electrons. The van der Waals surface area contributed by atoms with Gasteiger partial charge in [-0.2, -0.15) is 13.2 Å². The lowest BCUT2D eigenvalue weighted by atomic mass is 10.2. The fourth-order valence-corrected chi connectivity index (χ4v) is 1.47. The molecule has 0 spiro atoms. The molecule has 0 aliphatic carbocycles. The number of hydrogen-bond acceptors (Lipinski definition) is 3. The summed E-state index contributed by atoms with van der Waals surface area (Å²) in [4.78, 5) is 15.5. The monoisotopic (exact) mass is 276 g/mol. The predicted molar refractivity (Wildman–Crippen MR) is 62.3 cm³/mol. The van der Waals surface area contributed by atoms with Gasteiger partial charge in [0.2, 0.25) is 5.91 Å². The van der Waals surface area contributed by atoms with Crippen molar-refractivity contribution in [3.63, 3.8) is 0 Å². The van der Waals surface area contributed by atoms with Gasteiger partial charge < -0.3 is 10.1 Å². The van der Waals surface area contributed by atoms with Crippen molar-refractivity contribution in [3.05, 3.63) is 30.1 Å². The molecule has 1 heterocycles. The molecule has 1 N–H and O–H groups in total. The van der Waals surface area contributed by atoms with Crippen molar-refractivity contribution in [3.8, 4) is 0 Å². The maximum absolute atomic E-state index is 12.0. The molecule has 1 atom stereocenters. The van der Waals surface area contributed by atoms with Crippen LogP contribution in [0.2, 0.25) is 0 Å².